The molecule has 0 aromatic heterocycles. The zero-order chi connectivity index (χ0) is 10.6. The van der Waals surface area contributed by atoms with Gasteiger partial charge in [0.2, 0.25) is 5.91 Å². The van der Waals surface area contributed by atoms with Gasteiger partial charge >= 0.3 is 0 Å². The van der Waals surface area contributed by atoms with Crippen molar-refractivity contribution in [2.45, 2.75) is 40.0 Å². The molecule has 0 spiro atoms. The molecule has 0 radical (unpaired) electrons. The highest BCUT2D eigenvalue weighted by atomic mass is 16.2. The van der Waals surface area contributed by atoms with Crippen molar-refractivity contribution in [2.24, 2.45) is 5.92 Å². The molecule has 1 fully saturated rings. The SMILES string of the molecule is CCCN(CC=C(C)C)C(=O)C1CC1. The summed E-state index contributed by atoms with van der Waals surface area (Å²) in [4.78, 5) is 13.8. The quantitative estimate of drug-likeness (QED) is 0.617. The van der Waals surface area contributed by atoms with Crippen molar-refractivity contribution in [3.63, 3.8) is 0 Å². The zero-order valence-electron chi connectivity index (χ0n) is 9.55. The number of amides is 1. The third-order valence-electron chi connectivity index (χ3n) is 2.45. The van der Waals surface area contributed by atoms with E-state index in [2.05, 4.69) is 26.8 Å². The maximum Gasteiger partial charge on any atom is 0.225 e. The highest BCUT2D eigenvalue weighted by Gasteiger charge is 2.32. The lowest BCUT2D eigenvalue weighted by Gasteiger charge is -2.20. The molecule has 1 rings (SSSR count). The molecule has 0 N–H and O–H groups in total. The Kier molecular flexibility index (Phi) is 4.18. The first-order valence-corrected chi connectivity index (χ1v) is 5.57. The van der Waals surface area contributed by atoms with Gasteiger partial charge in [-0.2, -0.15) is 0 Å². The molecule has 0 bridgehead atoms. The molecule has 2 heteroatoms. The van der Waals surface area contributed by atoms with E-state index < -0.39 is 0 Å². The van der Waals surface area contributed by atoms with Crippen molar-refractivity contribution >= 4 is 5.91 Å². The molecule has 2 nitrogen and oxygen atoms in total. The van der Waals surface area contributed by atoms with E-state index in [1.54, 1.807) is 0 Å². The van der Waals surface area contributed by atoms with Crippen LogP contribution >= 0.6 is 0 Å². The normalized spacial score (nSPS) is 15.1. The monoisotopic (exact) mass is 195 g/mol. The van der Waals surface area contributed by atoms with Crippen LogP contribution in [0.5, 0.6) is 0 Å². The Balaban J connectivity index is 2.44. The summed E-state index contributed by atoms with van der Waals surface area (Å²) in [6.45, 7) is 7.97. The minimum Gasteiger partial charge on any atom is -0.339 e. The minimum absolute atomic E-state index is 0.354. The fourth-order valence-corrected chi connectivity index (χ4v) is 1.44. The summed E-state index contributed by atoms with van der Waals surface area (Å²) in [5.74, 6) is 0.719. The summed E-state index contributed by atoms with van der Waals surface area (Å²) in [7, 11) is 0. The van der Waals surface area contributed by atoms with E-state index in [0.717, 1.165) is 32.4 Å². The van der Waals surface area contributed by atoms with Gasteiger partial charge in [-0.15, -0.1) is 0 Å². The predicted molar refractivity (Wildman–Crippen MR) is 59.0 cm³/mol. The number of hydrogen-bond acceptors (Lipinski definition) is 1. The fourth-order valence-electron chi connectivity index (χ4n) is 1.44. The molecule has 0 unspecified atom stereocenters. The summed E-state index contributed by atoms with van der Waals surface area (Å²) in [5.41, 5.74) is 1.29. The summed E-state index contributed by atoms with van der Waals surface area (Å²) < 4.78 is 0. The average molecular weight is 195 g/mol. The molecule has 1 amide bonds. The lowest BCUT2D eigenvalue weighted by Crippen LogP contribution is -2.33. The van der Waals surface area contributed by atoms with Crippen LogP contribution in [-0.2, 0) is 4.79 Å². The van der Waals surface area contributed by atoms with Crippen LogP contribution in [-0.4, -0.2) is 23.9 Å². The topological polar surface area (TPSA) is 20.3 Å². The van der Waals surface area contributed by atoms with Crippen LogP contribution in [0.2, 0.25) is 0 Å². The van der Waals surface area contributed by atoms with Gasteiger partial charge in [0.1, 0.15) is 0 Å². The second kappa shape index (κ2) is 5.18. The van der Waals surface area contributed by atoms with Crippen LogP contribution in [0, 0.1) is 5.92 Å². The van der Waals surface area contributed by atoms with Crippen LogP contribution in [0.1, 0.15) is 40.0 Å². The van der Waals surface area contributed by atoms with Gasteiger partial charge in [0, 0.05) is 19.0 Å². The Morgan fingerprint density at radius 2 is 2.07 bits per heavy atom. The predicted octanol–water partition coefficient (Wildman–Crippen LogP) is 2.60. The van der Waals surface area contributed by atoms with Gasteiger partial charge in [0.05, 0.1) is 0 Å². The van der Waals surface area contributed by atoms with Crippen molar-refractivity contribution in [1.29, 1.82) is 0 Å². The van der Waals surface area contributed by atoms with E-state index in [4.69, 9.17) is 0 Å². The zero-order valence-corrected chi connectivity index (χ0v) is 9.55. The van der Waals surface area contributed by atoms with Crippen molar-refractivity contribution in [2.75, 3.05) is 13.1 Å². The van der Waals surface area contributed by atoms with Gasteiger partial charge in [0.25, 0.3) is 0 Å². The second-order valence-corrected chi connectivity index (χ2v) is 4.34. The number of nitrogens with zero attached hydrogens (tertiary/aromatic N) is 1. The first-order valence-electron chi connectivity index (χ1n) is 5.57. The van der Waals surface area contributed by atoms with E-state index in [0.29, 0.717) is 11.8 Å². The molecule has 0 aromatic carbocycles. The van der Waals surface area contributed by atoms with Crippen LogP contribution < -0.4 is 0 Å². The summed E-state index contributed by atoms with van der Waals surface area (Å²) in [6, 6.07) is 0. The number of rotatable bonds is 5. The molecule has 1 aliphatic rings. The summed E-state index contributed by atoms with van der Waals surface area (Å²) in [5, 5.41) is 0. The lowest BCUT2D eigenvalue weighted by atomic mass is 10.2. The first kappa shape index (κ1) is 11.3. The van der Waals surface area contributed by atoms with E-state index in [-0.39, 0.29) is 0 Å². The Labute approximate surface area is 87.0 Å². The van der Waals surface area contributed by atoms with Gasteiger partial charge in [-0.25, -0.2) is 0 Å². The largest absolute Gasteiger partial charge is 0.339 e. The Hall–Kier alpha value is -0.790. The van der Waals surface area contributed by atoms with Gasteiger partial charge in [0.15, 0.2) is 0 Å². The maximum atomic E-state index is 11.8. The summed E-state index contributed by atoms with van der Waals surface area (Å²) in [6.07, 6.45) is 5.40. The number of allylic oxidation sites excluding steroid dienone is 1. The van der Waals surface area contributed by atoms with Crippen molar-refractivity contribution in [1.82, 2.24) is 4.90 Å². The number of carbonyl (C=O) groups excluding carboxylic acids is 1. The molecule has 0 aliphatic heterocycles. The maximum absolute atomic E-state index is 11.8. The second-order valence-electron chi connectivity index (χ2n) is 4.34. The highest BCUT2D eigenvalue weighted by molar-refractivity contribution is 5.81. The molecule has 1 saturated carbocycles. The highest BCUT2D eigenvalue weighted by Crippen LogP contribution is 2.31. The molecule has 1 aliphatic carbocycles. The molecule has 0 atom stereocenters. The van der Waals surface area contributed by atoms with Gasteiger partial charge in [-0.1, -0.05) is 18.6 Å². The van der Waals surface area contributed by atoms with Crippen molar-refractivity contribution in [3.05, 3.63) is 11.6 Å². The fraction of sp³-hybridized carbons (Fsp3) is 0.750. The number of hydrogen-bond donors (Lipinski definition) is 0. The molecular formula is C12H21NO. The third kappa shape index (κ3) is 3.52. The van der Waals surface area contributed by atoms with Crippen molar-refractivity contribution in [3.8, 4) is 0 Å². The molecule has 80 valence electrons. The van der Waals surface area contributed by atoms with Crippen LogP contribution in [0.4, 0.5) is 0 Å². The van der Waals surface area contributed by atoms with Gasteiger partial charge < -0.3 is 4.90 Å². The van der Waals surface area contributed by atoms with Crippen LogP contribution in [0.3, 0.4) is 0 Å². The molecule has 0 aromatic rings. The van der Waals surface area contributed by atoms with Crippen molar-refractivity contribution < 1.29 is 4.79 Å². The van der Waals surface area contributed by atoms with E-state index in [1.807, 2.05) is 4.90 Å². The van der Waals surface area contributed by atoms with Crippen LogP contribution in [0.25, 0.3) is 0 Å². The summed E-state index contributed by atoms with van der Waals surface area (Å²) >= 11 is 0. The van der Waals surface area contributed by atoms with Gasteiger partial charge in [-0.05, 0) is 33.1 Å². The Morgan fingerprint density at radius 3 is 2.50 bits per heavy atom. The van der Waals surface area contributed by atoms with Crippen LogP contribution in [0.15, 0.2) is 11.6 Å². The number of carbonyl (C=O) groups is 1. The lowest BCUT2D eigenvalue weighted by molar-refractivity contribution is -0.132. The molecule has 0 saturated heterocycles. The Morgan fingerprint density at radius 1 is 1.43 bits per heavy atom. The van der Waals surface area contributed by atoms with E-state index in [1.165, 1.54) is 5.57 Å². The molecule has 14 heavy (non-hydrogen) atoms. The minimum atomic E-state index is 0.354. The Bertz CT molecular complexity index is 224. The van der Waals surface area contributed by atoms with Gasteiger partial charge in [-0.3, -0.25) is 4.79 Å². The molecule has 0 heterocycles. The third-order valence-corrected chi connectivity index (χ3v) is 2.45. The van der Waals surface area contributed by atoms with E-state index >= 15 is 0 Å². The first-order chi connectivity index (χ1) is 6.65. The standard InChI is InChI=1S/C12H21NO/c1-4-8-13(9-7-10(2)3)12(14)11-5-6-11/h7,11H,4-6,8-9H2,1-3H3. The van der Waals surface area contributed by atoms with E-state index in [9.17, 15) is 4.79 Å². The average Bonchev–Trinajstić information content (AvgIpc) is 2.93. The smallest absolute Gasteiger partial charge is 0.225 e. The molecular weight excluding hydrogens is 174 g/mol.